The lowest BCUT2D eigenvalue weighted by atomic mass is 10.4. The Hall–Kier alpha value is -1.31. The standard InChI is InChI=1S/C10H11NO2S/c1-11-7-3-2-4-8-5-6-9(14-8)10(12)13/h5-6,11H,3,7H2,1H3,(H,12,13). The van der Waals surface area contributed by atoms with Crippen LogP contribution in [0.5, 0.6) is 0 Å². The van der Waals surface area contributed by atoms with Gasteiger partial charge in [-0.1, -0.05) is 11.8 Å². The summed E-state index contributed by atoms with van der Waals surface area (Å²) in [7, 11) is 1.87. The smallest absolute Gasteiger partial charge is 0.345 e. The maximum atomic E-state index is 10.5. The molecule has 1 heterocycles. The fourth-order valence-electron chi connectivity index (χ4n) is 0.857. The van der Waals surface area contributed by atoms with Crippen LogP contribution < -0.4 is 5.32 Å². The minimum absolute atomic E-state index is 0.336. The summed E-state index contributed by atoms with van der Waals surface area (Å²) >= 11 is 1.21. The second-order valence-corrected chi connectivity index (χ2v) is 3.71. The van der Waals surface area contributed by atoms with Crippen LogP contribution in [0.2, 0.25) is 0 Å². The van der Waals surface area contributed by atoms with Gasteiger partial charge >= 0.3 is 5.97 Å². The van der Waals surface area contributed by atoms with Crippen molar-refractivity contribution in [1.82, 2.24) is 5.32 Å². The average molecular weight is 209 g/mol. The zero-order chi connectivity index (χ0) is 10.4. The molecule has 0 bridgehead atoms. The lowest BCUT2D eigenvalue weighted by Gasteiger charge is -1.86. The highest BCUT2D eigenvalue weighted by Crippen LogP contribution is 2.14. The summed E-state index contributed by atoms with van der Waals surface area (Å²) in [6, 6.07) is 3.32. The highest BCUT2D eigenvalue weighted by Gasteiger charge is 2.04. The number of nitrogens with one attached hydrogen (secondary N) is 1. The molecule has 0 spiro atoms. The van der Waals surface area contributed by atoms with Crippen LogP contribution in [0.25, 0.3) is 0 Å². The SMILES string of the molecule is CNCCC#Cc1ccc(C(=O)O)s1. The molecule has 1 rings (SSSR count). The Bertz CT molecular complexity index is 373. The molecule has 4 heteroatoms. The predicted molar refractivity (Wildman–Crippen MR) is 56.7 cm³/mol. The molecular formula is C10H11NO2S. The Morgan fingerprint density at radius 3 is 3.00 bits per heavy atom. The molecule has 14 heavy (non-hydrogen) atoms. The van der Waals surface area contributed by atoms with E-state index in [2.05, 4.69) is 17.2 Å². The van der Waals surface area contributed by atoms with Crippen LogP contribution in [0.15, 0.2) is 12.1 Å². The van der Waals surface area contributed by atoms with Crippen molar-refractivity contribution in [2.45, 2.75) is 6.42 Å². The first kappa shape index (κ1) is 10.8. The molecule has 0 radical (unpaired) electrons. The van der Waals surface area contributed by atoms with Crippen LogP contribution in [0.1, 0.15) is 21.0 Å². The van der Waals surface area contributed by atoms with Gasteiger partial charge in [0.25, 0.3) is 0 Å². The van der Waals surface area contributed by atoms with E-state index >= 15 is 0 Å². The molecule has 74 valence electrons. The van der Waals surface area contributed by atoms with Gasteiger partial charge in [-0.3, -0.25) is 0 Å². The van der Waals surface area contributed by atoms with Crippen LogP contribution in [-0.4, -0.2) is 24.7 Å². The summed E-state index contributed by atoms with van der Waals surface area (Å²) in [5, 5.41) is 11.6. The molecule has 0 aliphatic rings. The number of hydrogen-bond acceptors (Lipinski definition) is 3. The van der Waals surface area contributed by atoms with Crippen molar-refractivity contribution in [3.8, 4) is 11.8 Å². The van der Waals surface area contributed by atoms with Crippen LogP contribution in [0.4, 0.5) is 0 Å². The Kier molecular flexibility index (Phi) is 4.17. The molecule has 2 N–H and O–H groups in total. The number of rotatable bonds is 3. The molecule has 0 aromatic carbocycles. The number of hydrogen-bond donors (Lipinski definition) is 2. The van der Waals surface area contributed by atoms with E-state index in [1.54, 1.807) is 12.1 Å². The molecule has 1 aromatic heterocycles. The molecule has 0 aliphatic carbocycles. The molecule has 0 atom stereocenters. The molecule has 0 saturated carbocycles. The van der Waals surface area contributed by atoms with Gasteiger partial charge in [-0.15, -0.1) is 11.3 Å². The second-order valence-electron chi connectivity index (χ2n) is 2.62. The summed E-state index contributed by atoms with van der Waals surface area (Å²) < 4.78 is 0. The Morgan fingerprint density at radius 2 is 2.43 bits per heavy atom. The van der Waals surface area contributed by atoms with E-state index in [4.69, 9.17) is 5.11 Å². The quantitative estimate of drug-likeness (QED) is 0.584. The Morgan fingerprint density at radius 1 is 1.64 bits per heavy atom. The van der Waals surface area contributed by atoms with Gasteiger partial charge in [0, 0.05) is 13.0 Å². The second kappa shape index (κ2) is 5.43. The maximum Gasteiger partial charge on any atom is 0.345 e. The van der Waals surface area contributed by atoms with Crippen molar-refractivity contribution in [3.05, 3.63) is 21.9 Å². The minimum atomic E-state index is -0.890. The number of aromatic carboxylic acids is 1. The molecule has 0 aliphatic heterocycles. The summed E-state index contributed by atoms with van der Waals surface area (Å²) in [5.74, 6) is 4.99. The third kappa shape index (κ3) is 3.21. The predicted octanol–water partition coefficient (Wildman–Crippen LogP) is 1.41. The van der Waals surface area contributed by atoms with E-state index in [0.29, 0.717) is 4.88 Å². The van der Waals surface area contributed by atoms with Gasteiger partial charge in [0.15, 0.2) is 0 Å². The monoisotopic (exact) mass is 209 g/mol. The van der Waals surface area contributed by atoms with Crippen LogP contribution in [-0.2, 0) is 0 Å². The average Bonchev–Trinajstić information content (AvgIpc) is 2.61. The zero-order valence-corrected chi connectivity index (χ0v) is 8.65. The van der Waals surface area contributed by atoms with Crippen LogP contribution >= 0.6 is 11.3 Å². The van der Waals surface area contributed by atoms with Crippen molar-refractivity contribution in [2.24, 2.45) is 0 Å². The Balaban J connectivity index is 2.58. The zero-order valence-electron chi connectivity index (χ0n) is 7.83. The van der Waals surface area contributed by atoms with Gasteiger partial charge in [0.05, 0.1) is 4.88 Å². The van der Waals surface area contributed by atoms with Gasteiger partial charge in [-0.2, -0.15) is 0 Å². The van der Waals surface area contributed by atoms with E-state index in [-0.39, 0.29) is 0 Å². The minimum Gasteiger partial charge on any atom is -0.477 e. The highest BCUT2D eigenvalue weighted by molar-refractivity contribution is 7.14. The lowest BCUT2D eigenvalue weighted by molar-refractivity contribution is 0.0702. The summed E-state index contributed by atoms with van der Waals surface area (Å²) in [4.78, 5) is 11.7. The first-order valence-electron chi connectivity index (χ1n) is 4.20. The van der Waals surface area contributed by atoms with Crippen molar-refractivity contribution < 1.29 is 9.90 Å². The third-order valence-electron chi connectivity index (χ3n) is 1.53. The van der Waals surface area contributed by atoms with Crippen LogP contribution in [0.3, 0.4) is 0 Å². The van der Waals surface area contributed by atoms with E-state index < -0.39 is 5.97 Å². The molecule has 0 fully saturated rings. The molecule has 3 nitrogen and oxygen atoms in total. The summed E-state index contributed by atoms with van der Waals surface area (Å²) in [6.07, 6.45) is 0.775. The fourth-order valence-corrected chi connectivity index (χ4v) is 1.58. The highest BCUT2D eigenvalue weighted by atomic mass is 32.1. The van der Waals surface area contributed by atoms with Crippen molar-refractivity contribution in [1.29, 1.82) is 0 Å². The van der Waals surface area contributed by atoms with Crippen molar-refractivity contribution in [2.75, 3.05) is 13.6 Å². The van der Waals surface area contributed by atoms with E-state index in [1.807, 2.05) is 7.05 Å². The lowest BCUT2D eigenvalue weighted by Crippen LogP contribution is -2.05. The maximum absolute atomic E-state index is 10.5. The molecule has 1 aromatic rings. The number of carbonyl (C=O) groups is 1. The number of carboxylic acids is 1. The summed E-state index contributed by atoms with van der Waals surface area (Å²) in [6.45, 7) is 0.851. The number of carboxylic acid groups (broad SMARTS) is 1. The van der Waals surface area contributed by atoms with Gasteiger partial charge in [0.1, 0.15) is 4.88 Å². The van der Waals surface area contributed by atoms with Crippen molar-refractivity contribution >= 4 is 17.3 Å². The molecule has 0 saturated heterocycles. The summed E-state index contributed by atoms with van der Waals surface area (Å²) in [5.41, 5.74) is 0. The van der Waals surface area contributed by atoms with Gasteiger partial charge in [-0.25, -0.2) is 4.79 Å². The first-order chi connectivity index (χ1) is 6.74. The van der Waals surface area contributed by atoms with E-state index in [9.17, 15) is 4.79 Å². The molecule has 0 unspecified atom stereocenters. The van der Waals surface area contributed by atoms with E-state index in [0.717, 1.165) is 17.8 Å². The molecule has 0 amide bonds. The van der Waals surface area contributed by atoms with Crippen molar-refractivity contribution in [3.63, 3.8) is 0 Å². The van der Waals surface area contributed by atoms with Gasteiger partial charge in [0.2, 0.25) is 0 Å². The van der Waals surface area contributed by atoms with E-state index in [1.165, 1.54) is 11.3 Å². The van der Waals surface area contributed by atoms with Crippen LogP contribution in [0, 0.1) is 11.8 Å². The first-order valence-corrected chi connectivity index (χ1v) is 5.02. The third-order valence-corrected chi connectivity index (χ3v) is 2.52. The van der Waals surface area contributed by atoms with Gasteiger partial charge in [-0.05, 0) is 19.2 Å². The van der Waals surface area contributed by atoms with Gasteiger partial charge < -0.3 is 10.4 Å². The molecular weight excluding hydrogens is 198 g/mol. The fraction of sp³-hybridized carbons (Fsp3) is 0.300. The Labute approximate surface area is 86.8 Å². The number of thiophene rings is 1. The normalized spacial score (nSPS) is 9.21. The topological polar surface area (TPSA) is 49.3 Å². The largest absolute Gasteiger partial charge is 0.477 e.